The van der Waals surface area contributed by atoms with Crippen LogP contribution in [-0.4, -0.2) is 36.6 Å². The van der Waals surface area contributed by atoms with E-state index in [0.717, 1.165) is 40.8 Å². The lowest BCUT2D eigenvalue weighted by Gasteiger charge is -2.21. The monoisotopic (exact) mass is 336 g/mol. The fourth-order valence-corrected chi connectivity index (χ4v) is 2.38. The first-order valence-electron chi connectivity index (χ1n) is 6.90. The Morgan fingerprint density at radius 2 is 2.15 bits per heavy atom. The van der Waals surface area contributed by atoms with Crippen LogP contribution in [0.4, 0.5) is 5.69 Å². The van der Waals surface area contributed by atoms with Crippen molar-refractivity contribution in [3.63, 3.8) is 0 Å². The number of nitrogens with zero attached hydrogens (tertiary/aromatic N) is 3. The highest BCUT2D eigenvalue weighted by Gasteiger charge is 2.08. The molecule has 0 fully saturated rings. The molecule has 0 saturated heterocycles. The van der Waals surface area contributed by atoms with Crippen molar-refractivity contribution in [1.29, 1.82) is 0 Å². The van der Waals surface area contributed by atoms with Gasteiger partial charge in [-0.25, -0.2) is 0 Å². The van der Waals surface area contributed by atoms with Crippen LogP contribution in [0.2, 0.25) is 0 Å². The van der Waals surface area contributed by atoms with Gasteiger partial charge >= 0.3 is 0 Å². The Balaban J connectivity index is 2.08. The molecule has 0 aliphatic heterocycles. The number of nitrogens with one attached hydrogen (secondary N) is 1. The van der Waals surface area contributed by atoms with E-state index in [2.05, 4.69) is 57.0 Å². The summed E-state index contributed by atoms with van der Waals surface area (Å²) in [5.74, 6) is 0.682. The Kier molecular flexibility index (Phi) is 5.31. The van der Waals surface area contributed by atoms with E-state index in [1.807, 2.05) is 24.5 Å². The first kappa shape index (κ1) is 15.2. The molecule has 0 radical (unpaired) electrons. The largest absolute Gasteiger partial charge is 0.371 e. The molecule has 4 nitrogen and oxygen atoms in total. The van der Waals surface area contributed by atoms with Crippen LogP contribution in [-0.2, 0) is 0 Å². The van der Waals surface area contributed by atoms with Crippen molar-refractivity contribution in [3.05, 3.63) is 29.0 Å². The minimum atomic E-state index is 0.682. The third-order valence-corrected chi connectivity index (χ3v) is 3.54. The molecule has 0 unspecified atom stereocenters. The second-order valence-electron chi connectivity index (χ2n) is 5.37. The number of hydrogen-bond donors (Lipinski definition) is 1. The van der Waals surface area contributed by atoms with Crippen molar-refractivity contribution < 1.29 is 0 Å². The second kappa shape index (κ2) is 6.99. The highest BCUT2D eigenvalue weighted by Crippen LogP contribution is 2.24. The molecule has 5 heteroatoms. The molecule has 2 aromatic rings. The quantitative estimate of drug-likeness (QED) is 0.823. The van der Waals surface area contributed by atoms with Crippen LogP contribution >= 0.6 is 15.9 Å². The summed E-state index contributed by atoms with van der Waals surface area (Å²) in [5.41, 5.74) is 2.98. The molecular weight excluding hydrogens is 316 g/mol. The molecule has 0 amide bonds. The van der Waals surface area contributed by atoms with Crippen LogP contribution in [0.1, 0.15) is 13.8 Å². The SMILES string of the molecule is CC(C)CNCCN(C)c1ccnc2cc(Br)cnc12. The van der Waals surface area contributed by atoms with E-state index in [9.17, 15) is 0 Å². The number of likely N-dealkylation sites (N-methyl/N-ethyl adjacent to an activating group) is 1. The number of anilines is 1. The maximum atomic E-state index is 4.49. The van der Waals surface area contributed by atoms with Gasteiger partial charge in [0.25, 0.3) is 0 Å². The van der Waals surface area contributed by atoms with Gasteiger partial charge in [-0.15, -0.1) is 0 Å². The minimum absolute atomic E-state index is 0.682. The van der Waals surface area contributed by atoms with Crippen LogP contribution in [0.25, 0.3) is 11.0 Å². The number of halogens is 1. The van der Waals surface area contributed by atoms with Gasteiger partial charge in [0, 0.05) is 37.0 Å². The van der Waals surface area contributed by atoms with Crippen molar-refractivity contribution >= 4 is 32.7 Å². The zero-order valence-corrected chi connectivity index (χ0v) is 13.8. The Morgan fingerprint density at radius 3 is 2.90 bits per heavy atom. The van der Waals surface area contributed by atoms with Crippen molar-refractivity contribution in [2.24, 2.45) is 5.92 Å². The lowest BCUT2D eigenvalue weighted by molar-refractivity contribution is 0.554. The standard InChI is InChI=1S/C15H21BrN4/c1-11(2)9-17-6-7-20(3)14-4-5-18-13-8-12(16)10-19-15(13)14/h4-5,8,10-11,17H,6-7,9H2,1-3H3. The molecule has 2 rings (SSSR count). The van der Waals surface area contributed by atoms with Crippen molar-refractivity contribution in [3.8, 4) is 0 Å². The lowest BCUT2D eigenvalue weighted by Crippen LogP contribution is -2.31. The third-order valence-electron chi connectivity index (χ3n) is 3.11. The van der Waals surface area contributed by atoms with Gasteiger partial charge in [-0.1, -0.05) is 13.8 Å². The van der Waals surface area contributed by atoms with E-state index in [1.54, 1.807) is 0 Å². The van der Waals surface area contributed by atoms with Crippen LogP contribution in [0.3, 0.4) is 0 Å². The average Bonchev–Trinajstić information content (AvgIpc) is 2.42. The van der Waals surface area contributed by atoms with Gasteiger partial charge in [-0.05, 0) is 40.5 Å². The van der Waals surface area contributed by atoms with E-state index in [0.29, 0.717) is 5.92 Å². The smallest absolute Gasteiger partial charge is 0.112 e. The molecule has 0 spiro atoms. The summed E-state index contributed by atoms with van der Waals surface area (Å²) in [6, 6.07) is 4.02. The molecule has 0 aliphatic carbocycles. The Bertz CT molecular complexity index is 571. The van der Waals surface area contributed by atoms with E-state index in [4.69, 9.17) is 0 Å². The normalized spacial score (nSPS) is 11.2. The Hall–Kier alpha value is -1.20. The maximum absolute atomic E-state index is 4.49. The molecule has 20 heavy (non-hydrogen) atoms. The van der Waals surface area contributed by atoms with Gasteiger partial charge in [0.1, 0.15) is 5.52 Å². The summed E-state index contributed by atoms with van der Waals surface area (Å²) in [6.07, 6.45) is 3.65. The van der Waals surface area contributed by atoms with E-state index in [1.165, 1.54) is 0 Å². The van der Waals surface area contributed by atoms with Gasteiger partial charge in [0.15, 0.2) is 0 Å². The van der Waals surface area contributed by atoms with Crippen molar-refractivity contribution in [1.82, 2.24) is 15.3 Å². The van der Waals surface area contributed by atoms with Crippen LogP contribution in [0.5, 0.6) is 0 Å². The third kappa shape index (κ3) is 3.90. The first-order valence-corrected chi connectivity index (χ1v) is 7.69. The van der Waals surface area contributed by atoms with E-state index < -0.39 is 0 Å². The Morgan fingerprint density at radius 1 is 1.35 bits per heavy atom. The van der Waals surface area contributed by atoms with Gasteiger partial charge < -0.3 is 10.2 Å². The molecule has 2 heterocycles. The summed E-state index contributed by atoms with van der Waals surface area (Å²) in [6.45, 7) is 7.40. The molecule has 0 atom stereocenters. The number of aromatic nitrogens is 2. The van der Waals surface area contributed by atoms with Crippen molar-refractivity contribution in [2.45, 2.75) is 13.8 Å². The zero-order chi connectivity index (χ0) is 14.5. The molecule has 2 aromatic heterocycles. The zero-order valence-electron chi connectivity index (χ0n) is 12.2. The first-order chi connectivity index (χ1) is 9.58. The molecule has 0 aliphatic rings. The van der Waals surface area contributed by atoms with Crippen LogP contribution in [0.15, 0.2) is 29.0 Å². The summed E-state index contributed by atoms with van der Waals surface area (Å²) in [5, 5.41) is 3.46. The predicted molar refractivity (Wildman–Crippen MR) is 88.2 cm³/mol. The van der Waals surface area contributed by atoms with Gasteiger partial charge in [0.05, 0.1) is 11.2 Å². The highest BCUT2D eigenvalue weighted by molar-refractivity contribution is 9.10. The second-order valence-corrected chi connectivity index (χ2v) is 6.29. The molecule has 0 saturated carbocycles. The summed E-state index contributed by atoms with van der Waals surface area (Å²) >= 11 is 3.43. The van der Waals surface area contributed by atoms with E-state index in [-0.39, 0.29) is 0 Å². The van der Waals surface area contributed by atoms with Gasteiger partial charge in [-0.2, -0.15) is 0 Å². The topological polar surface area (TPSA) is 41.0 Å². The predicted octanol–water partition coefficient (Wildman–Crippen LogP) is 3.07. The summed E-state index contributed by atoms with van der Waals surface area (Å²) in [4.78, 5) is 11.1. The van der Waals surface area contributed by atoms with E-state index >= 15 is 0 Å². The molecule has 1 N–H and O–H groups in total. The molecule has 108 valence electrons. The van der Waals surface area contributed by atoms with Gasteiger partial charge in [0.2, 0.25) is 0 Å². The maximum Gasteiger partial charge on any atom is 0.112 e. The lowest BCUT2D eigenvalue weighted by atomic mass is 10.2. The van der Waals surface area contributed by atoms with Crippen LogP contribution in [0, 0.1) is 5.92 Å². The summed E-state index contributed by atoms with van der Waals surface area (Å²) in [7, 11) is 2.09. The number of fused-ring (bicyclic) bond motifs is 1. The minimum Gasteiger partial charge on any atom is -0.371 e. The molecule has 0 bridgehead atoms. The number of hydrogen-bond acceptors (Lipinski definition) is 4. The fraction of sp³-hybridized carbons (Fsp3) is 0.467. The fourth-order valence-electron chi connectivity index (χ4n) is 2.06. The average molecular weight is 337 g/mol. The summed E-state index contributed by atoms with van der Waals surface area (Å²) < 4.78 is 0.955. The number of pyridine rings is 2. The highest BCUT2D eigenvalue weighted by atomic mass is 79.9. The van der Waals surface area contributed by atoms with Crippen LogP contribution < -0.4 is 10.2 Å². The van der Waals surface area contributed by atoms with Gasteiger partial charge in [-0.3, -0.25) is 9.97 Å². The molecule has 0 aromatic carbocycles. The number of rotatable bonds is 6. The van der Waals surface area contributed by atoms with Crippen molar-refractivity contribution in [2.75, 3.05) is 31.6 Å². The molecular formula is C15H21BrN4. The Labute approximate surface area is 128 Å².